The van der Waals surface area contributed by atoms with Crippen molar-refractivity contribution in [2.75, 3.05) is 0 Å². The molecule has 2 fully saturated rings. The van der Waals surface area contributed by atoms with Gasteiger partial charge in [-0.25, -0.2) is 0 Å². The second-order valence-corrected chi connectivity index (χ2v) is 6.86. The Morgan fingerprint density at radius 3 is 2.58 bits per heavy atom. The van der Waals surface area contributed by atoms with Crippen molar-refractivity contribution in [2.45, 2.75) is 51.4 Å². The minimum atomic E-state index is 0.424. The van der Waals surface area contributed by atoms with Crippen molar-refractivity contribution in [1.82, 2.24) is 0 Å². The molecule has 0 unspecified atom stereocenters. The molecule has 0 aromatic heterocycles. The molecule has 0 radical (unpaired) electrons. The maximum Gasteiger partial charge on any atom is 0.136 e. The molecule has 0 saturated heterocycles. The van der Waals surface area contributed by atoms with Gasteiger partial charge in [0.05, 0.1) is 0 Å². The summed E-state index contributed by atoms with van der Waals surface area (Å²) in [5.74, 6) is 3.24. The Bertz CT molecular complexity index is 530. The third kappa shape index (κ3) is 1.70. The fraction of sp³-hybridized carbons (Fsp3) is 0.611. The summed E-state index contributed by atoms with van der Waals surface area (Å²) in [4.78, 5) is 12.0. The Morgan fingerprint density at radius 1 is 0.947 bits per heavy atom. The van der Waals surface area contributed by atoms with E-state index in [0.717, 1.165) is 24.7 Å². The van der Waals surface area contributed by atoms with E-state index < -0.39 is 0 Å². The molecule has 3 aliphatic rings. The number of rotatable bonds is 0. The second kappa shape index (κ2) is 4.19. The van der Waals surface area contributed by atoms with Crippen molar-refractivity contribution >= 4 is 5.78 Å². The van der Waals surface area contributed by atoms with E-state index in [4.69, 9.17) is 0 Å². The molecule has 4 rings (SSSR count). The zero-order chi connectivity index (χ0) is 13.0. The molecule has 0 aliphatic heterocycles. The molecule has 1 aromatic carbocycles. The van der Waals surface area contributed by atoms with Crippen molar-refractivity contribution in [3.63, 3.8) is 0 Å². The van der Waals surface area contributed by atoms with Gasteiger partial charge in [-0.05, 0) is 67.9 Å². The number of carbonyl (C=O) groups excluding carboxylic acids is 1. The lowest BCUT2D eigenvalue weighted by Gasteiger charge is -2.43. The highest BCUT2D eigenvalue weighted by molar-refractivity contribution is 5.83. The Balaban J connectivity index is 1.70. The second-order valence-electron chi connectivity index (χ2n) is 6.86. The van der Waals surface area contributed by atoms with Crippen LogP contribution < -0.4 is 0 Å². The van der Waals surface area contributed by atoms with Crippen LogP contribution in [0.5, 0.6) is 0 Å². The Labute approximate surface area is 115 Å². The average molecular weight is 254 g/mol. The van der Waals surface area contributed by atoms with Crippen LogP contribution in [0.25, 0.3) is 0 Å². The van der Waals surface area contributed by atoms with Gasteiger partial charge in [0, 0.05) is 12.3 Å². The lowest BCUT2D eigenvalue weighted by atomic mass is 9.61. The van der Waals surface area contributed by atoms with Crippen molar-refractivity contribution in [2.24, 2.45) is 17.8 Å². The molecule has 4 atom stereocenters. The fourth-order valence-corrected chi connectivity index (χ4v) is 5.13. The fourth-order valence-electron chi connectivity index (χ4n) is 5.13. The summed E-state index contributed by atoms with van der Waals surface area (Å²) in [5, 5.41) is 0. The van der Waals surface area contributed by atoms with Crippen molar-refractivity contribution in [3.8, 4) is 0 Å². The SMILES string of the molecule is Cc1ccc2c(c1)CC[C@H]1[C@@H]3CCC(=O)[C@H]3CC[C@H]21. The zero-order valence-corrected chi connectivity index (χ0v) is 11.7. The minimum absolute atomic E-state index is 0.424. The molecule has 0 spiro atoms. The van der Waals surface area contributed by atoms with E-state index in [2.05, 4.69) is 25.1 Å². The lowest BCUT2D eigenvalue weighted by Crippen LogP contribution is -2.35. The van der Waals surface area contributed by atoms with Crippen LogP contribution in [0.2, 0.25) is 0 Å². The predicted molar refractivity (Wildman–Crippen MR) is 76.2 cm³/mol. The molecular weight excluding hydrogens is 232 g/mol. The molecule has 19 heavy (non-hydrogen) atoms. The highest BCUT2D eigenvalue weighted by Crippen LogP contribution is 2.53. The van der Waals surface area contributed by atoms with Crippen LogP contribution >= 0.6 is 0 Å². The number of benzene rings is 1. The first-order chi connectivity index (χ1) is 9.24. The van der Waals surface area contributed by atoms with Crippen LogP contribution in [0.3, 0.4) is 0 Å². The molecule has 3 aliphatic carbocycles. The van der Waals surface area contributed by atoms with Crippen LogP contribution in [0.1, 0.15) is 54.7 Å². The number of fused-ring (bicyclic) bond motifs is 5. The maximum absolute atomic E-state index is 12.0. The van der Waals surface area contributed by atoms with Crippen molar-refractivity contribution in [1.29, 1.82) is 0 Å². The number of aryl methyl sites for hydroxylation is 2. The van der Waals surface area contributed by atoms with Gasteiger partial charge in [-0.1, -0.05) is 23.8 Å². The summed E-state index contributed by atoms with van der Waals surface area (Å²) in [6, 6.07) is 7.03. The zero-order valence-electron chi connectivity index (χ0n) is 11.7. The van der Waals surface area contributed by atoms with Crippen molar-refractivity contribution < 1.29 is 4.79 Å². The summed E-state index contributed by atoms with van der Waals surface area (Å²) in [6.07, 6.45) is 6.97. The normalized spacial score (nSPS) is 36.6. The summed E-state index contributed by atoms with van der Waals surface area (Å²) >= 11 is 0. The van der Waals surface area contributed by atoms with E-state index in [-0.39, 0.29) is 0 Å². The number of carbonyl (C=O) groups is 1. The minimum Gasteiger partial charge on any atom is -0.299 e. The van der Waals surface area contributed by atoms with E-state index >= 15 is 0 Å². The summed E-state index contributed by atoms with van der Waals surface area (Å²) in [7, 11) is 0. The van der Waals surface area contributed by atoms with Gasteiger partial charge in [-0.15, -0.1) is 0 Å². The van der Waals surface area contributed by atoms with Gasteiger partial charge in [0.25, 0.3) is 0 Å². The van der Waals surface area contributed by atoms with Crippen LogP contribution in [0, 0.1) is 24.7 Å². The first-order valence-corrected chi connectivity index (χ1v) is 7.86. The average Bonchev–Trinajstić information content (AvgIpc) is 2.80. The number of Topliss-reactive ketones (excluding diaryl/α,β-unsaturated/α-hetero) is 1. The van der Waals surface area contributed by atoms with Crippen LogP contribution in [-0.2, 0) is 11.2 Å². The lowest BCUT2D eigenvalue weighted by molar-refractivity contribution is -0.122. The summed E-state index contributed by atoms with van der Waals surface area (Å²) in [6.45, 7) is 2.19. The molecule has 0 N–H and O–H groups in total. The molecule has 1 aromatic rings. The van der Waals surface area contributed by atoms with E-state index in [0.29, 0.717) is 17.6 Å². The van der Waals surface area contributed by atoms with E-state index in [1.54, 1.807) is 11.1 Å². The highest BCUT2D eigenvalue weighted by Gasteiger charge is 2.47. The monoisotopic (exact) mass is 254 g/mol. The Kier molecular flexibility index (Phi) is 2.58. The van der Waals surface area contributed by atoms with Gasteiger partial charge in [-0.3, -0.25) is 4.79 Å². The molecule has 0 heterocycles. The largest absolute Gasteiger partial charge is 0.299 e. The smallest absolute Gasteiger partial charge is 0.136 e. The van der Waals surface area contributed by atoms with Gasteiger partial charge >= 0.3 is 0 Å². The van der Waals surface area contributed by atoms with Gasteiger partial charge in [-0.2, -0.15) is 0 Å². The molecule has 1 nitrogen and oxygen atoms in total. The first-order valence-electron chi connectivity index (χ1n) is 7.86. The summed E-state index contributed by atoms with van der Waals surface area (Å²) in [5.41, 5.74) is 4.59. The summed E-state index contributed by atoms with van der Waals surface area (Å²) < 4.78 is 0. The molecule has 0 amide bonds. The number of hydrogen-bond acceptors (Lipinski definition) is 1. The van der Waals surface area contributed by atoms with Crippen molar-refractivity contribution in [3.05, 3.63) is 34.9 Å². The topological polar surface area (TPSA) is 17.1 Å². The van der Waals surface area contributed by atoms with E-state index in [9.17, 15) is 4.79 Å². The van der Waals surface area contributed by atoms with Crippen LogP contribution in [0.15, 0.2) is 18.2 Å². The quantitative estimate of drug-likeness (QED) is 0.683. The van der Waals surface area contributed by atoms with Gasteiger partial charge in [0.2, 0.25) is 0 Å². The van der Waals surface area contributed by atoms with Crippen LogP contribution in [0.4, 0.5) is 0 Å². The van der Waals surface area contributed by atoms with Gasteiger partial charge < -0.3 is 0 Å². The third-order valence-electron chi connectivity index (χ3n) is 5.95. The molecular formula is C18H22O. The Hall–Kier alpha value is -1.11. The number of hydrogen-bond donors (Lipinski definition) is 0. The molecule has 100 valence electrons. The predicted octanol–water partition coefficient (Wildman–Crippen LogP) is 4.03. The van der Waals surface area contributed by atoms with E-state index in [1.807, 2.05) is 0 Å². The Morgan fingerprint density at radius 2 is 1.68 bits per heavy atom. The van der Waals surface area contributed by atoms with Gasteiger partial charge in [0.15, 0.2) is 0 Å². The van der Waals surface area contributed by atoms with E-state index in [1.165, 1.54) is 31.2 Å². The highest BCUT2D eigenvalue weighted by atomic mass is 16.1. The molecule has 1 heteroatoms. The van der Waals surface area contributed by atoms with Crippen LogP contribution in [-0.4, -0.2) is 5.78 Å². The maximum atomic E-state index is 12.0. The third-order valence-corrected chi connectivity index (χ3v) is 5.95. The van der Waals surface area contributed by atoms with Gasteiger partial charge in [0.1, 0.15) is 5.78 Å². The molecule has 2 saturated carbocycles. The first kappa shape index (κ1) is 11.7. The molecule has 0 bridgehead atoms. The standard InChI is InChI=1S/C18H22O/c1-11-2-4-13-12(10-11)3-5-15-14(13)6-7-17-16(15)8-9-18(17)19/h2,4,10,14-17H,3,5-9H2,1H3/t14-,15-,16+,17+/m1/s1. The number of ketones is 1.